The van der Waals surface area contributed by atoms with Crippen LogP contribution in [0.5, 0.6) is 5.88 Å². The van der Waals surface area contributed by atoms with Crippen molar-refractivity contribution in [2.75, 3.05) is 32.1 Å². The third-order valence-electron chi connectivity index (χ3n) is 10.9. The van der Waals surface area contributed by atoms with Gasteiger partial charge in [0.15, 0.2) is 11.5 Å². The highest BCUT2D eigenvalue weighted by Gasteiger charge is 2.61. The summed E-state index contributed by atoms with van der Waals surface area (Å²) in [5.41, 5.74) is 3.08. The topological polar surface area (TPSA) is 133 Å². The molecule has 12 nitrogen and oxygen atoms in total. The molecule has 4 heterocycles. The van der Waals surface area contributed by atoms with Crippen molar-refractivity contribution in [3.05, 3.63) is 90.3 Å². The average Bonchev–Trinajstić information content (AvgIpc) is 3.42. The number of likely N-dealkylation sites (tertiary alicyclic amines) is 1. The highest BCUT2D eigenvalue weighted by Crippen LogP contribution is 2.56. The summed E-state index contributed by atoms with van der Waals surface area (Å²) in [5, 5.41) is 3.34. The lowest BCUT2D eigenvalue weighted by Crippen LogP contribution is -2.38. The van der Waals surface area contributed by atoms with E-state index in [1.165, 1.54) is 14.1 Å². The number of methoxy groups -OCH3 is 1. The number of hydrogen-bond donors (Lipinski definition) is 1. The predicted octanol–water partition coefficient (Wildman–Crippen LogP) is 6.48. The number of pyridine rings is 1. The van der Waals surface area contributed by atoms with Gasteiger partial charge in [-0.1, -0.05) is 53.5 Å². The summed E-state index contributed by atoms with van der Waals surface area (Å²) in [5.74, 6) is -0.00218. The maximum atomic E-state index is 13.9. The van der Waals surface area contributed by atoms with E-state index in [1.54, 1.807) is 31.4 Å². The molecule has 2 aromatic carbocycles. The van der Waals surface area contributed by atoms with E-state index in [9.17, 15) is 23.2 Å². The summed E-state index contributed by atoms with van der Waals surface area (Å²) in [7, 11) is 4.22. The second kappa shape index (κ2) is 13.7. The minimum atomic E-state index is -3.08. The van der Waals surface area contributed by atoms with Crippen LogP contribution in [0.1, 0.15) is 42.8 Å². The first kappa shape index (κ1) is 36.1. The SMILES string of the molecule is CCOC(=O)C1C2CN(C3CCc4cc(-c5cccc(-c6cccc(Nc7nc(C(F)F)nc8c7c(=O)n(C)c(=O)n8C)c6Cl)c5Cl)nc(OC)c43)CC21. The zero-order valence-electron chi connectivity index (χ0n) is 29.7. The van der Waals surface area contributed by atoms with Crippen molar-refractivity contribution in [2.24, 2.45) is 31.8 Å². The van der Waals surface area contributed by atoms with Gasteiger partial charge in [0.25, 0.3) is 12.0 Å². The number of benzene rings is 2. The smallest absolute Gasteiger partial charge is 0.332 e. The molecule has 16 heteroatoms. The van der Waals surface area contributed by atoms with Crippen LogP contribution < -0.4 is 21.3 Å². The van der Waals surface area contributed by atoms with E-state index in [1.807, 2.05) is 19.1 Å². The molecule has 1 saturated carbocycles. The lowest BCUT2D eigenvalue weighted by atomic mass is 9.99. The number of ether oxygens (including phenoxy) is 2. The van der Waals surface area contributed by atoms with E-state index in [2.05, 4.69) is 26.3 Å². The summed E-state index contributed by atoms with van der Waals surface area (Å²) in [6.07, 6.45) is -1.34. The monoisotopic (exact) mass is 777 g/mol. The lowest BCUT2D eigenvalue weighted by Gasteiger charge is -2.28. The van der Waals surface area contributed by atoms with Crippen molar-refractivity contribution in [3.8, 4) is 28.3 Å². The van der Waals surface area contributed by atoms with Crippen LogP contribution in [0, 0.1) is 17.8 Å². The van der Waals surface area contributed by atoms with Crippen LogP contribution in [-0.2, 0) is 30.0 Å². The fourth-order valence-corrected chi connectivity index (χ4v) is 8.81. The Morgan fingerprint density at radius 1 is 0.981 bits per heavy atom. The molecule has 0 spiro atoms. The van der Waals surface area contributed by atoms with Crippen LogP contribution in [0.4, 0.5) is 20.3 Å². The standard InChI is InChI=1S/C38H35Cl2F2N7O5/c1-5-54-37(51)27-21-15-49(16-22(21)27)25-13-12-17-14-24(44-35(53-4)26(17)25)20-10-6-8-18(29(20)39)19-9-7-11-23(30(19)40)43-32-28-34(46-33(45-32)31(41)42)47(2)38(52)48(3)36(28)50/h6-11,14,21-22,25,27,31H,5,12-13,15-16H2,1-4H3,(H,43,45,46). The Bertz CT molecular complexity index is 2480. The van der Waals surface area contributed by atoms with Crippen LogP contribution in [-0.4, -0.2) is 61.8 Å². The normalized spacial score (nSPS) is 20.3. The third-order valence-corrected chi connectivity index (χ3v) is 11.7. The Labute approximate surface area is 317 Å². The highest BCUT2D eigenvalue weighted by molar-refractivity contribution is 6.39. The van der Waals surface area contributed by atoms with E-state index in [0.29, 0.717) is 51.7 Å². The third kappa shape index (κ3) is 5.82. The van der Waals surface area contributed by atoms with Gasteiger partial charge in [0.05, 0.1) is 41.1 Å². The first-order valence-electron chi connectivity index (χ1n) is 17.5. The van der Waals surface area contributed by atoms with Crippen LogP contribution in [0.3, 0.4) is 0 Å². The first-order chi connectivity index (χ1) is 25.9. The van der Waals surface area contributed by atoms with Crippen LogP contribution >= 0.6 is 23.2 Å². The average molecular weight is 779 g/mol. The molecule has 280 valence electrons. The van der Waals surface area contributed by atoms with Gasteiger partial charge >= 0.3 is 11.7 Å². The number of alkyl halides is 2. The van der Waals surface area contributed by atoms with Crippen molar-refractivity contribution < 1.29 is 23.0 Å². The van der Waals surface area contributed by atoms with Crippen molar-refractivity contribution in [1.29, 1.82) is 0 Å². The van der Waals surface area contributed by atoms with Crippen molar-refractivity contribution in [1.82, 2.24) is 29.0 Å². The number of nitrogens with one attached hydrogen (secondary N) is 1. The minimum Gasteiger partial charge on any atom is -0.481 e. The number of aryl methyl sites for hydroxylation is 2. The molecule has 0 radical (unpaired) electrons. The summed E-state index contributed by atoms with van der Waals surface area (Å²) in [4.78, 5) is 53.3. The van der Waals surface area contributed by atoms with Gasteiger partial charge in [-0.2, -0.15) is 0 Å². The van der Waals surface area contributed by atoms with E-state index < -0.39 is 23.5 Å². The molecule has 2 fully saturated rings. The molecule has 1 aliphatic heterocycles. The van der Waals surface area contributed by atoms with Gasteiger partial charge in [0.2, 0.25) is 5.88 Å². The van der Waals surface area contributed by atoms with Gasteiger partial charge in [0, 0.05) is 55.5 Å². The Balaban J connectivity index is 1.12. The van der Waals surface area contributed by atoms with Crippen LogP contribution in [0.2, 0.25) is 10.0 Å². The minimum absolute atomic E-state index is 0.000000989. The van der Waals surface area contributed by atoms with E-state index in [0.717, 1.165) is 46.2 Å². The maximum Gasteiger partial charge on any atom is 0.332 e. The van der Waals surface area contributed by atoms with Crippen molar-refractivity contribution in [3.63, 3.8) is 0 Å². The van der Waals surface area contributed by atoms with E-state index in [-0.39, 0.29) is 45.5 Å². The molecule has 3 atom stereocenters. The molecular formula is C38H35Cl2F2N7O5. The Hall–Kier alpha value is -4.92. The first-order valence-corrected chi connectivity index (χ1v) is 18.3. The number of carbonyl (C=O) groups excluding carboxylic acids is 1. The number of piperidine rings is 1. The molecule has 1 N–H and O–H groups in total. The summed E-state index contributed by atoms with van der Waals surface area (Å²) >= 11 is 14.1. The largest absolute Gasteiger partial charge is 0.481 e. The summed E-state index contributed by atoms with van der Waals surface area (Å²) in [6, 6.07) is 12.8. The number of fused-ring (bicyclic) bond motifs is 3. The van der Waals surface area contributed by atoms with E-state index in [4.69, 9.17) is 37.7 Å². The molecule has 3 aromatic heterocycles. The number of nitrogens with zero attached hydrogens (tertiary/aromatic N) is 6. The summed E-state index contributed by atoms with van der Waals surface area (Å²) < 4.78 is 40.8. The second-order valence-corrected chi connectivity index (χ2v) is 14.6. The number of esters is 1. The molecule has 5 aromatic rings. The maximum absolute atomic E-state index is 13.9. The highest BCUT2D eigenvalue weighted by atomic mass is 35.5. The Kier molecular flexibility index (Phi) is 9.18. The molecule has 3 aliphatic rings. The van der Waals surface area contributed by atoms with Crippen LogP contribution in [0.15, 0.2) is 52.1 Å². The number of aromatic nitrogens is 5. The fraction of sp³-hybridized carbons (Fsp3) is 0.368. The molecule has 0 amide bonds. The van der Waals surface area contributed by atoms with E-state index >= 15 is 0 Å². The molecule has 1 saturated heterocycles. The van der Waals surface area contributed by atoms with Gasteiger partial charge in [-0.25, -0.2) is 28.5 Å². The van der Waals surface area contributed by atoms with Crippen molar-refractivity contribution in [2.45, 2.75) is 32.2 Å². The van der Waals surface area contributed by atoms with Crippen LogP contribution in [0.25, 0.3) is 33.4 Å². The zero-order chi connectivity index (χ0) is 38.2. The van der Waals surface area contributed by atoms with Gasteiger partial charge in [-0.3, -0.25) is 23.6 Å². The molecular weight excluding hydrogens is 743 g/mol. The second-order valence-electron chi connectivity index (χ2n) is 13.8. The summed E-state index contributed by atoms with van der Waals surface area (Å²) in [6.45, 7) is 3.90. The Morgan fingerprint density at radius 2 is 1.67 bits per heavy atom. The number of hydrogen-bond acceptors (Lipinski definition) is 10. The number of halogens is 4. The van der Waals surface area contributed by atoms with Gasteiger partial charge in [-0.15, -0.1) is 0 Å². The van der Waals surface area contributed by atoms with Gasteiger partial charge in [0.1, 0.15) is 11.2 Å². The van der Waals surface area contributed by atoms with Crippen molar-refractivity contribution >= 4 is 51.7 Å². The zero-order valence-corrected chi connectivity index (χ0v) is 31.2. The van der Waals surface area contributed by atoms with Gasteiger partial charge < -0.3 is 14.8 Å². The molecule has 3 unspecified atom stereocenters. The van der Waals surface area contributed by atoms with Gasteiger partial charge in [-0.05, 0) is 49.3 Å². The number of rotatable bonds is 9. The quantitative estimate of drug-likeness (QED) is 0.166. The number of anilines is 2. The lowest BCUT2D eigenvalue weighted by molar-refractivity contribution is -0.145. The molecule has 8 rings (SSSR count). The fourth-order valence-electron chi connectivity index (χ4n) is 8.21. The molecule has 0 bridgehead atoms. The number of carbonyl (C=O) groups is 1. The molecule has 2 aliphatic carbocycles. The molecule has 54 heavy (non-hydrogen) atoms. The predicted molar refractivity (Wildman–Crippen MR) is 200 cm³/mol. The Morgan fingerprint density at radius 3 is 2.35 bits per heavy atom.